The summed E-state index contributed by atoms with van der Waals surface area (Å²) in [6.45, 7) is 1.71. The van der Waals surface area contributed by atoms with Gasteiger partial charge in [-0.15, -0.1) is 0 Å². The number of nitrogens with zero attached hydrogens (tertiary/aromatic N) is 1. The summed E-state index contributed by atoms with van der Waals surface area (Å²) in [4.78, 5) is 11.4. The monoisotopic (exact) mass is 253 g/mol. The maximum atomic E-state index is 11.4. The molecule has 0 saturated heterocycles. The quantitative estimate of drug-likeness (QED) is 0.606. The Bertz CT molecular complexity index is 486. The summed E-state index contributed by atoms with van der Waals surface area (Å²) in [6, 6.07) is 6.76. The molecule has 0 N–H and O–H groups in total. The maximum absolute atomic E-state index is 11.4. The van der Waals surface area contributed by atoms with Crippen LogP contribution in [0.4, 0.5) is 0 Å². The number of rotatable bonds is 3. The van der Waals surface area contributed by atoms with Crippen LogP contribution in [-0.2, 0) is 4.79 Å². The molecule has 0 aliphatic carbocycles. The molecule has 0 amide bonds. The first kappa shape index (κ1) is 12.8. The predicted octanol–water partition coefficient (Wildman–Crippen LogP) is 3.88. The van der Waals surface area contributed by atoms with Gasteiger partial charge in [0, 0.05) is 16.5 Å². The molecule has 0 bridgehead atoms. The van der Waals surface area contributed by atoms with E-state index in [0.717, 1.165) is 0 Å². The van der Waals surface area contributed by atoms with Crippen molar-refractivity contribution >= 4 is 35.1 Å². The summed E-state index contributed by atoms with van der Waals surface area (Å²) in [7, 11) is 0. The van der Waals surface area contributed by atoms with E-state index < -0.39 is 0 Å². The lowest BCUT2D eigenvalue weighted by Crippen LogP contribution is -1.97. The summed E-state index contributed by atoms with van der Waals surface area (Å²) in [5.74, 6) is -0.200. The fourth-order valence-electron chi connectivity index (χ4n) is 1.14. The number of carbonyl (C=O) groups is 1. The van der Waals surface area contributed by atoms with Crippen LogP contribution in [0.15, 0.2) is 23.8 Å². The first-order valence-electron chi connectivity index (χ1n) is 4.68. The molecule has 0 aliphatic rings. The Kier molecular flexibility index (Phi) is 4.54. The van der Waals surface area contributed by atoms with Crippen molar-refractivity contribution in [1.82, 2.24) is 0 Å². The summed E-state index contributed by atoms with van der Waals surface area (Å²) in [6.07, 6.45) is 1.77. The van der Waals surface area contributed by atoms with E-state index in [1.165, 1.54) is 6.08 Å². The molecule has 16 heavy (non-hydrogen) atoms. The Morgan fingerprint density at radius 2 is 2.19 bits per heavy atom. The normalized spacial score (nSPS) is 11.0. The second-order valence-corrected chi connectivity index (χ2v) is 3.96. The van der Waals surface area contributed by atoms with E-state index in [1.54, 1.807) is 25.1 Å². The van der Waals surface area contributed by atoms with Crippen molar-refractivity contribution < 1.29 is 4.79 Å². The molecular formula is C12H9Cl2NO. The van der Waals surface area contributed by atoms with Crippen molar-refractivity contribution in [2.45, 2.75) is 13.3 Å². The number of hydrogen-bond acceptors (Lipinski definition) is 2. The van der Waals surface area contributed by atoms with Crippen LogP contribution in [0.3, 0.4) is 0 Å². The van der Waals surface area contributed by atoms with Gasteiger partial charge in [0.15, 0.2) is 5.78 Å². The highest BCUT2D eigenvalue weighted by atomic mass is 35.5. The Balaban J connectivity index is 3.15. The Hall–Kier alpha value is -1.30. The number of hydrogen-bond donors (Lipinski definition) is 0. The largest absolute Gasteiger partial charge is 0.293 e. The van der Waals surface area contributed by atoms with Gasteiger partial charge in [0.1, 0.15) is 6.07 Å². The van der Waals surface area contributed by atoms with Gasteiger partial charge in [-0.2, -0.15) is 5.26 Å². The van der Waals surface area contributed by atoms with Crippen LogP contribution in [0.1, 0.15) is 18.9 Å². The zero-order valence-corrected chi connectivity index (χ0v) is 10.1. The van der Waals surface area contributed by atoms with Crippen LogP contribution in [0.25, 0.3) is 6.08 Å². The van der Waals surface area contributed by atoms with Crippen molar-refractivity contribution in [3.05, 3.63) is 39.4 Å². The van der Waals surface area contributed by atoms with E-state index in [-0.39, 0.29) is 11.4 Å². The van der Waals surface area contributed by atoms with E-state index in [0.29, 0.717) is 22.0 Å². The smallest absolute Gasteiger partial charge is 0.173 e. The second-order valence-electron chi connectivity index (χ2n) is 3.11. The van der Waals surface area contributed by atoms with Gasteiger partial charge in [-0.25, -0.2) is 0 Å². The average molecular weight is 254 g/mol. The number of Topliss-reactive ketones (excluding diaryl/α,β-unsaturated/α-hetero) is 1. The lowest BCUT2D eigenvalue weighted by atomic mass is 10.1. The van der Waals surface area contributed by atoms with Crippen LogP contribution in [0, 0.1) is 11.3 Å². The van der Waals surface area contributed by atoms with Gasteiger partial charge >= 0.3 is 0 Å². The van der Waals surface area contributed by atoms with E-state index in [1.807, 2.05) is 6.07 Å². The first-order chi connectivity index (χ1) is 7.58. The fraction of sp³-hybridized carbons (Fsp3) is 0.167. The van der Waals surface area contributed by atoms with Gasteiger partial charge in [-0.1, -0.05) is 36.2 Å². The molecule has 1 aromatic rings. The highest BCUT2D eigenvalue weighted by molar-refractivity contribution is 6.35. The minimum Gasteiger partial charge on any atom is -0.293 e. The maximum Gasteiger partial charge on any atom is 0.173 e. The van der Waals surface area contributed by atoms with E-state index in [4.69, 9.17) is 28.5 Å². The minimum atomic E-state index is -0.200. The third kappa shape index (κ3) is 3.10. The molecule has 0 aliphatic heterocycles. The number of nitriles is 1. The molecule has 1 rings (SSSR count). The molecule has 1 aromatic carbocycles. The molecular weight excluding hydrogens is 245 g/mol. The van der Waals surface area contributed by atoms with Gasteiger partial charge < -0.3 is 0 Å². The van der Waals surface area contributed by atoms with Gasteiger partial charge in [-0.3, -0.25) is 4.79 Å². The zero-order chi connectivity index (χ0) is 12.1. The topological polar surface area (TPSA) is 40.9 Å². The highest BCUT2D eigenvalue weighted by Crippen LogP contribution is 2.23. The van der Waals surface area contributed by atoms with Gasteiger partial charge in [0.2, 0.25) is 0 Å². The van der Waals surface area contributed by atoms with Crippen LogP contribution < -0.4 is 0 Å². The van der Waals surface area contributed by atoms with Crippen LogP contribution in [0.5, 0.6) is 0 Å². The molecule has 0 heterocycles. The molecule has 0 fully saturated rings. The van der Waals surface area contributed by atoms with E-state index in [2.05, 4.69) is 0 Å². The molecule has 0 saturated carbocycles. The second kappa shape index (κ2) is 5.69. The zero-order valence-electron chi connectivity index (χ0n) is 8.63. The number of benzene rings is 1. The molecule has 0 spiro atoms. The molecule has 0 unspecified atom stereocenters. The SMILES string of the molecule is CCC(=O)C(C#N)=Cc1ccc(Cl)cc1Cl. The third-order valence-electron chi connectivity index (χ3n) is 2.00. The average Bonchev–Trinajstić information content (AvgIpc) is 2.27. The minimum absolute atomic E-state index is 0.103. The molecule has 4 heteroatoms. The third-order valence-corrected chi connectivity index (χ3v) is 2.57. The standard InChI is InChI=1S/C12H9Cl2NO/c1-2-12(16)9(7-15)5-8-3-4-10(13)6-11(8)14/h3-6H,2H2,1H3. The molecule has 82 valence electrons. The van der Waals surface area contributed by atoms with Gasteiger partial charge in [0.25, 0.3) is 0 Å². The number of ketones is 1. The van der Waals surface area contributed by atoms with Crippen molar-refractivity contribution in [1.29, 1.82) is 5.26 Å². The summed E-state index contributed by atoms with van der Waals surface area (Å²) in [5.41, 5.74) is 0.719. The Labute approximate surface area is 104 Å². The van der Waals surface area contributed by atoms with Crippen LogP contribution in [0.2, 0.25) is 10.0 Å². The van der Waals surface area contributed by atoms with Crippen LogP contribution in [-0.4, -0.2) is 5.78 Å². The fourth-order valence-corrected chi connectivity index (χ4v) is 1.60. The van der Waals surface area contributed by atoms with Crippen molar-refractivity contribution in [3.8, 4) is 6.07 Å². The summed E-state index contributed by atoms with van der Waals surface area (Å²) >= 11 is 11.7. The summed E-state index contributed by atoms with van der Waals surface area (Å²) < 4.78 is 0. The lowest BCUT2D eigenvalue weighted by molar-refractivity contribution is -0.114. The first-order valence-corrected chi connectivity index (χ1v) is 5.44. The molecule has 2 nitrogen and oxygen atoms in total. The predicted molar refractivity (Wildman–Crippen MR) is 65.4 cm³/mol. The van der Waals surface area contributed by atoms with Gasteiger partial charge in [-0.05, 0) is 23.8 Å². The van der Waals surface area contributed by atoms with E-state index >= 15 is 0 Å². The van der Waals surface area contributed by atoms with Crippen molar-refractivity contribution in [3.63, 3.8) is 0 Å². The highest BCUT2D eigenvalue weighted by Gasteiger charge is 2.07. The molecule has 0 aromatic heterocycles. The van der Waals surface area contributed by atoms with E-state index in [9.17, 15) is 4.79 Å². The Morgan fingerprint density at radius 1 is 1.50 bits per heavy atom. The number of carbonyl (C=O) groups excluding carboxylic acids is 1. The number of halogens is 2. The molecule has 0 radical (unpaired) electrons. The lowest BCUT2D eigenvalue weighted by Gasteiger charge is -2.00. The van der Waals surface area contributed by atoms with Gasteiger partial charge in [0.05, 0.1) is 5.57 Å². The summed E-state index contributed by atoms with van der Waals surface area (Å²) in [5, 5.41) is 9.76. The van der Waals surface area contributed by atoms with Crippen molar-refractivity contribution in [2.24, 2.45) is 0 Å². The Morgan fingerprint density at radius 3 is 2.69 bits per heavy atom. The molecule has 0 atom stereocenters. The van der Waals surface area contributed by atoms with Crippen LogP contribution >= 0.6 is 23.2 Å². The van der Waals surface area contributed by atoms with Crippen molar-refractivity contribution in [2.75, 3.05) is 0 Å². The number of allylic oxidation sites excluding steroid dienone is 1.